The number of rotatable bonds is 5. The van der Waals surface area contributed by atoms with Crippen LogP contribution in [-0.4, -0.2) is 32.3 Å². The third kappa shape index (κ3) is 4.10. The first kappa shape index (κ1) is 14.6. The van der Waals surface area contributed by atoms with E-state index in [1.807, 2.05) is 24.3 Å². The first-order valence-corrected chi connectivity index (χ1v) is 6.50. The van der Waals surface area contributed by atoms with E-state index in [2.05, 4.69) is 39.9 Å². The number of nitrogen functional groups attached to an aromatic ring is 1. The molecule has 8 nitrogen and oxygen atoms in total. The van der Waals surface area contributed by atoms with E-state index in [9.17, 15) is 4.79 Å². The quantitative estimate of drug-likeness (QED) is 0.615. The van der Waals surface area contributed by atoms with Gasteiger partial charge in [-0.05, 0) is 27.5 Å². The van der Waals surface area contributed by atoms with Gasteiger partial charge in [-0.15, -0.1) is 0 Å². The summed E-state index contributed by atoms with van der Waals surface area (Å²) in [7, 11) is 0. The normalized spacial score (nSPS) is 11.2. The molecule has 1 aromatic heterocycles. The van der Waals surface area contributed by atoms with Crippen molar-refractivity contribution in [3.8, 4) is 0 Å². The predicted molar refractivity (Wildman–Crippen MR) is 78.5 cm³/mol. The Morgan fingerprint density at radius 2 is 2.14 bits per heavy atom. The third-order valence-electron chi connectivity index (χ3n) is 2.86. The molecule has 1 heterocycles. The van der Waals surface area contributed by atoms with Crippen molar-refractivity contribution < 1.29 is 4.79 Å². The smallest absolute Gasteiger partial charge is 0.261 e. The van der Waals surface area contributed by atoms with Gasteiger partial charge in [0.15, 0.2) is 0 Å². The molecule has 0 saturated heterocycles. The van der Waals surface area contributed by atoms with Crippen molar-refractivity contribution in [2.24, 2.45) is 5.10 Å². The van der Waals surface area contributed by atoms with Gasteiger partial charge in [-0.3, -0.25) is 4.79 Å². The lowest BCUT2D eigenvalue weighted by molar-refractivity contribution is -0.121. The van der Waals surface area contributed by atoms with Crippen LogP contribution >= 0.6 is 0 Å². The van der Waals surface area contributed by atoms with Gasteiger partial charge in [0, 0.05) is 0 Å². The molecule has 0 aliphatic carbocycles. The number of anilines is 1. The summed E-state index contributed by atoms with van der Waals surface area (Å²) in [6.07, 6.45) is 1.57. The first-order valence-electron chi connectivity index (χ1n) is 6.50. The minimum absolute atomic E-state index is 0.0809. The van der Waals surface area contributed by atoms with Gasteiger partial charge in [0.1, 0.15) is 6.54 Å². The molecule has 0 spiro atoms. The molecule has 2 rings (SSSR count). The second-order valence-electron chi connectivity index (χ2n) is 4.81. The molecule has 1 amide bonds. The molecule has 0 saturated carbocycles. The van der Waals surface area contributed by atoms with Crippen LogP contribution in [0.4, 0.5) is 5.95 Å². The second-order valence-corrected chi connectivity index (χ2v) is 4.81. The first-order chi connectivity index (χ1) is 10.1. The maximum atomic E-state index is 11.6. The van der Waals surface area contributed by atoms with Crippen molar-refractivity contribution in [2.45, 2.75) is 26.3 Å². The van der Waals surface area contributed by atoms with Crippen LogP contribution in [0.3, 0.4) is 0 Å². The monoisotopic (exact) mass is 287 g/mol. The largest absolute Gasteiger partial charge is 0.367 e. The zero-order valence-electron chi connectivity index (χ0n) is 11.9. The number of nitrogens with two attached hydrogens (primary N) is 1. The van der Waals surface area contributed by atoms with Crippen molar-refractivity contribution in [3.05, 3.63) is 35.4 Å². The van der Waals surface area contributed by atoms with Gasteiger partial charge in [0.25, 0.3) is 5.91 Å². The van der Waals surface area contributed by atoms with E-state index in [-0.39, 0.29) is 18.4 Å². The van der Waals surface area contributed by atoms with Gasteiger partial charge in [0.05, 0.1) is 6.21 Å². The van der Waals surface area contributed by atoms with E-state index < -0.39 is 0 Å². The van der Waals surface area contributed by atoms with E-state index in [0.29, 0.717) is 5.92 Å². The highest BCUT2D eigenvalue weighted by atomic mass is 16.2. The van der Waals surface area contributed by atoms with E-state index in [1.54, 1.807) is 6.21 Å². The van der Waals surface area contributed by atoms with Crippen molar-refractivity contribution in [2.75, 3.05) is 5.73 Å². The second kappa shape index (κ2) is 6.60. The van der Waals surface area contributed by atoms with Gasteiger partial charge in [-0.2, -0.15) is 5.10 Å². The maximum absolute atomic E-state index is 11.6. The van der Waals surface area contributed by atoms with Crippen LogP contribution in [-0.2, 0) is 11.3 Å². The van der Waals surface area contributed by atoms with Crippen molar-refractivity contribution in [1.29, 1.82) is 0 Å². The highest BCUT2D eigenvalue weighted by Crippen LogP contribution is 2.13. The van der Waals surface area contributed by atoms with Gasteiger partial charge in [-0.1, -0.05) is 43.2 Å². The lowest BCUT2D eigenvalue weighted by atomic mass is 10.0. The van der Waals surface area contributed by atoms with Crippen LogP contribution in [0.2, 0.25) is 0 Å². The Balaban J connectivity index is 1.87. The van der Waals surface area contributed by atoms with E-state index >= 15 is 0 Å². The fourth-order valence-electron chi connectivity index (χ4n) is 1.64. The fourth-order valence-corrected chi connectivity index (χ4v) is 1.64. The minimum Gasteiger partial charge on any atom is -0.367 e. The summed E-state index contributed by atoms with van der Waals surface area (Å²) in [4.78, 5) is 11.6. The summed E-state index contributed by atoms with van der Waals surface area (Å²) in [6.45, 7) is 4.19. The number of amides is 1. The Kier molecular flexibility index (Phi) is 4.60. The predicted octanol–water partition coefficient (Wildman–Crippen LogP) is 0.529. The Hall–Kier alpha value is -2.77. The number of aromatic nitrogens is 4. The molecule has 0 radical (unpaired) electrons. The summed E-state index contributed by atoms with van der Waals surface area (Å²) in [5.41, 5.74) is 10.0. The van der Waals surface area contributed by atoms with Crippen LogP contribution in [0, 0.1) is 0 Å². The average Bonchev–Trinajstić information content (AvgIpc) is 2.85. The molecule has 0 aliphatic rings. The van der Waals surface area contributed by atoms with Gasteiger partial charge in [0.2, 0.25) is 5.95 Å². The average molecular weight is 287 g/mol. The topological polar surface area (TPSA) is 111 Å². The molecule has 110 valence electrons. The number of hydrogen-bond donors (Lipinski definition) is 2. The summed E-state index contributed by atoms with van der Waals surface area (Å²) in [5, 5.41) is 14.3. The maximum Gasteiger partial charge on any atom is 0.261 e. The summed E-state index contributed by atoms with van der Waals surface area (Å²) < 4.78 is 1.18. The summed E-state index contributed by atoms with van der Waals surface area (Å²) in [5.74, 6) is 0.208. The molecule has 2 aromatic rings. The van der Waals surface area contributed by atoms with E-state index in [0.717, 1.165) is 5.56 Å². The molecule has 0 atom stereocenters. The van der Waals surface area contributed by atoms with Gasteiger partial charge < -0.3 is 5.73 Å². The minimum atomic E-state index is -0.357. The molecule has 0 aliphatic heterocycles. The van der Waals surface area contributed by atoms with E-state index in [1.165, 1.54) is 10.2 Å². The van der Waals surface area contributed by atoms with Crippen LogP contribution in [0.25, 0.3) is 0 Å². The van der Waals surface area contributed by atoms with Crippen molar-refractivity contribution >= 4 is 18.1 Å². The Bertz CT molecular complexity index is 630. The number of hydrazone groups is 1. The third-order valence-corrected chi connectivity index (χ3v) is 2.86. The molecule has 21 heavy (non-hydrogen) atoms. The van der Waals surface area contributed by atoms with Crippen LogP contribution in [0.5, 0.6) is 0 Å². The zero-order chi connectivity index (χ0) is 15.2. The number of nitrogens with zero attached hydrogens (tertiary/aromatic N) is 5. The number of hydrogen-bond acceptors (Lipinski definition) is 6. The molecule has 1 aromatic carbocycles. The van der Waals surface area contributed by atoms with Crippen LogP contribution in [0.1, 0.15) is 30.9 Å². The van der Waals surface area contributed by atoms with Crippen molar-refractivity contribution in [3.63, 3.8) is 0 Å². The molecule has 0 fully saturated rings. The SMILES string of the molecule is CC(C)c1ccc(/C=N\NC(=O)Cn2nnnc2N)cc1. The van der Waals surface area contributed by atoms with Crippen LogP contribution in [0.15, 0.2) is 29.4 Å². The van der Waals surface area contributed by atoms with Gasteiger partial charge >= 0.3 is 0 Å². The highest BCUT2D eigenvalue weighted by molar-refractivity contribution is 5.82. The Labute approximate surface area is 122 Å². The molecule has 0 unspecified atom stereocenters. The molecule has 3 N–H and O–H groups in total. The van der Waals surface area contributed by atoms with E-state index in [4.69, 9.17) is 5.73 Å². The summed E-state index contributed by atoms with van der Waals surface area (Å²) >= 11 is 0. The fraction of sp³-hybridized carbons (Fsp3) is 0.308. The number of carbonyl (C=O) groups is 1. The highest BCUT2D eigenvalue weighted by Gasteiger charge is 2.06. The lowest BCUT2D eigenvalue weighted by Gasteiger charge is -2.04. The van der Waals surface area contributed by atoms with Gasteiger partial charge in [-0.25, -0.2) is 10.1 Å². The molecule has 0 bridgehead atoms. The molecule has 8 heteroatoms. The Morgan fingerprint density at radius 3 is 2.71 bits per heavy atom. The molecular weight excluding hydrogens is 270 g/mol. The number of carbonyl (C=O) groups excluding carboxylic acids is 1. The van der Waals surface area contributed by atoms with Crippen LogP contribution < -0.4 is 11.2 Å². The standard InChI is InChI=1S/C13H17N7O/c1-9(2)11-5-3-10(4-6-11)7-15-16-12(21)8-20-13(14)17-18-19-20/h3-7,9H,8H2,1-2H3,(H,16,21)(H2,14,17,19)/b15-7-. The molecular formula is C13H17N7O. The summed E-state index contributed by atoms with van der Waals surface area (Å²) in [6, 6.07) is 7.97. The zero-order valence-corrected chi connectivity index (χ0v) is 11.9. The lowest BCUT2D eigenvalue weighted by Crippen LogP contribution is -2.24. The number of benzene rings is 1. The number of nitrogens with one attached hydrogen (secondary N) is 1. The van der Waals surface area contributed by atoms with Crippen molar-refractivity contribution in [1.82, 2.24) is 25.6 Å². The number of tetrazole rings is 1. The Morgan fingerprint density at radius 1 is 1.43 bits per heavy atom.